The first-order valence-corrected chi connectivity index (χ1v) is 7.64. The van der Waals surface area contributed by atoms with E-state index >= 15 is 0 Å². The van der Waals surface area contributed by atoms with Crippen molar-refractivity contribution in [3.8, 4) is 0 Å². The van der Waals surface area contributed by atoms with Gasteiger partial charge in [-0.25, -0.2) is 8.42 Å². The molecule has 20 heavy (non-hydrogen) atoms. The molecule has 0 aliphatic carbocycles. The van der Waals surface area contributed by atoms with Crippen molar-refractivity contribution >= 4 is 15.7 Å². The summed E-state index contributed by atoms with van der Waals surface area (Å²) in [4.78, 5) is 0. The lowest BCUT2D eigenvalue weighted by Crippen LogP contribution is -2.40. The van der Waals surface area contributed by atoms with Gasteiger partial charge in [0.05, 0.1) is 5.75 Å². The van der Waals surface area contributed by atoms with Crippen LogP contribution in [0.15, 0.2) is 24.3 Å². The molecule has 0 atom stereocenters. The van der Waals surface area contributed by atoms with Gasteiger partial charge in [0, 0.05) is 12.2 Å². The average molecular weight is 310 g/mol. The van der Waals surface area contributed by atoms with Crippen LogP contribution >= 0.6 is 0 Å². The van der Waals surface area contributed by atoms with Crippen LogP contribution in [0, 0.1) is 0 Å². The van der Waals surface area contributed by atoms with Crippen LogP contribution in [0.4, 0.5) is 18.9 Å². The number of anilines is 1. The molecule has 1 aromatic carbocycles. The van der Waals surface area contributed by atoms with Crippen molar-refractivity contribution in [1.82, 2.24) is 4.31 Å². The summed E-state index contributed by atoms with van der Waals surface area (Å²) in [6.45, 7) is -0.0275. The summed E-state index contributed by atoms with van der Waals surface area (Å²) in [6.07, 6.45) is -4.26. The standard InChI is InChI=1S/C12H17F3N2O2S/c1-2-7-17(9-12(13,14)15)20(18,19)8-10-5-3-4-6-11(10)16/h3-6H,2,7-9,16H2,1H3. The predicted molar refractivity (Wildman–Crippen MR) is 71.4 cm³/mol. The molecule has 0 spiro atoms. The van der Waals surface area contributed by atoms with Gasteiger partial charge in [-0.05, 0) is 18.1 Å². The van der Waals surface area contributed by atoms with Gasteiger partial charge in [-0.3, -0.25) is 0 Å². The topological polar surface area (TPSA) is 63.4 Å². The molecule has 2 N–H and O–H groups in total. The molecule has 0 aromatic heterocycles. The number of para-hydroxylation sites is 1. The fourth-order valence-corrected chi connectivity index (χ4v) is 3.36. The summed E-state index contributed by atoms with van der Waals surface area (Å²) in [6, 6.07) is 6.23. The highest BCUT2D eigenvalue weighted by Gasteiger charge is 2.35. The van der Waals surface area contributed by atoms with Gasteiger partial charge in [-0.15, -0.1) is 0 Å². The zero-order chi connectivity index (χ0) is 15.4. The van der Waals surface area contributed by atoms with Crippen LogP contribution < -0.4 is 5.73 Å². The highest BCUT2D eigenvalue weighted by molar-refractivity contribution is 7.88. The van der Waals surface area contributed by atoms with Crippen LogP contribution in [0.1, 0.15) is 18.9 Å². The number of nitrogens with zero attached hydrogens (tertiary/aromatic N) is 1. The van der Waals surface area contributed by atoms with Crippen molar-refractivity contribution in [2.24, 2.45) is 0 Å². The van der Waals surface area contributed by atoms with E-state index in [1.54, 1.807) is 19.1 Å². The van der Waals surface area contributed by atoms with Crippen LogP contribution in [0.5, 0.6) is 0 Å². The third kappa shape index (κ3) is 5.01. The maximum absolute atomic E-state index is 12.4. The van der Waals surface area contributed by atoms with Gasteiger partial charge in [0.15, 0.2) is 0 Å². The highest BCUT2D eigenvalue weighted by Crippen LogP contribution is 2.22. The van der Waals surface area contributed by atoms with Gasteiger partial charge in [0.1, 0.15) is 6.54 Å². The molecular formula is C12H17F3N2O2S. The van der Waals surface area contributed by atoms with E-state index in [1.807, 2.05) is 0 Å². The molecule has 0 heterocycles. The summed E-state index contributed by atoms with van der Waals surface area (Å²) in [7, 11) is -4.06. The largest absolute Gasteiger partial charge is 0.402 e. The van der Waals surface area contributed by atoms with Crippen molar-refractivity contribution in [2.45, 2.75) is 25.3 Å². The summed E-state index contributed by atoms with van der Waals surface area (Å²) in [5, 5.41) is 0. The Labute approximate surface area is 116 Å². The highest BCUT2D eigenvalue weighted by atomic mass is 32.2. The maximum atomic E-state index is 12.4. The molecule has 0 saturated heterocycles. The Kier molecular flexibility index (Phi) is 5.41. The molecule has 0 bridgehead atoms. The molecule has 4 nitrogen and oxygen atoms in total. The third-order valence-electron chi connectivity index (χ3n) is 2.62. The first kappa shape index (κ1) is 16.8. The molecule has 0 fully saturated rings. The van der Waals surface area contributed by atoms with Crippen molar-refractivity contribution < 1.29 is 21.6 Å². The van der Waals surface area contributed by atoms with Crippen molar-refractivity contribution in [1.29, 1.82) is 0 Å². The Bertz CT molecular complexity index is 544. The first-order chi connectivity index (χ1) is 9.15. The van der Waals surface area contributed by atoms with E-state index in [0.29, 0.717) is 16.3 Å². The minimum Gasteiger partial charge on any atom is -0.398 e. The van der Waals surface area contributed by atoms with E-state index in [0.717, 1.165) is 0 Å². The van der Waals surface area contributed by atoms with Crippen LogP contribution in [-0.4, -0.2) is 32.0 Å². The van der Waals surface area contributed by atoms with Crippen LogP contribution in [0.3, 0.4) is 0 Å². The number of hydrogen-bond donors (Lipinski definition) is 1. The average Bonchev–Trinajstić information content (AvgIpc) is 2.30. The number of rotatable bonds is 6. The number of benzene rings is 1. The van der Waals surface area contributed by atoms with Gasteiger partial charge in [0.2, 0.25) is 10.0 Å². The number of nitrogens with two attached hydrogens (primary N) is 1. The molecular weight excluding hydrogens is 293 g/mol. The fraction of sp³-hybridized carbons (Fsp3) is 0.500. The Morgan fingerprint density at radius 1 is 1.25 bits per heavy atom. The Morgan fingerprint density at radius 2 is 1.85 bits per heavy atom. The molecule has 1 rings (SSSR count). The van der Waals surface area contributed by atoms with Crippen molar-refractivity contribution in [3.05, 3.63) is 29.8 Å². The summed E-state index contributed by atoms with van der Waals surface area (Å²) in [5.74, 6) is -0.532. The minimum absolute atomic E-state index is 0.172. The normalized spacial score (nSPS) is 12.8. The Morgan fingerprint density at radius 3 is 2.35 bits per heavy atom. The number of sulfonamides is 1. The molecule has 0 unspecified atom stereocenters. The summed E-state index contributed by atoms with van der Waals surface area (Å²) < 4.78 is 62.0. The maximum Gasteiger partial charge on any atom is 0.402 e. The molecule has 0 saturated carbocycles. The Balaban J connectivity index is 2.97. The molecule has 0 aliphatic rings. The molecule has 8 heteroatoms. The predicted octanol–water partition coefficient (Wildman–Crippen LogP) is 2.37. The molecule has 1 aromatic rings. The van der Waals surface area contributed by atoms with Gasteiger partial charge in [0.25, 0.3) is 0 Å². The number of nitrogen functional groups attached to an aromatic ring is 1. The molecule has 0 radical (unpaired) electrons. The molecule has 0 amide bonds. The van der Waals surface area contributed by atoms with E-state index in [-0.39, 0.29) is 12.2 Å². The van der Waals surface area contributed by atoms with Crippen LogP contribution in [0.25, 0.3) is 0 Å². The van der Waals surface area contributed by atoms with E-state index in [9.17, 15) is 21.6 Å². The van der Waals surface area contributed by atoms with Crippen molar-refractivity contribution in [2.75, 3.05) is 18.8 Å². The summed E-state index contributed by atoms with van der Waals surface area (Å²) >= 11 is 0. The van der Waals surface area contributed by atoms with Gasteiger partial charge >= 0.3 is 6.18 Å². The summed E-state index contributed by atoms with van der Waals surface area (Å²) in [5.41, 5.74) is 6.18. The fourth-order valence-electron chi connectivity index (χ4n) is 1.72. The van der Waals surface area contributed by atoms with Gasteiger partial charge < -0.3 is 5.73 Å². The number of halogens is 3. The molecule has 0 aliphatic heterocycles. The van der Waals surface area contributed by atoms with E-state index in [1.165, 1.54) is 12.1 Å². The van der Waals surface area contributed by atoms with Gasteiger partial charge in [-0.1, -0.05) is 25.1 Å². The number of alkyl halides is 3. The van der Waals surface area contributed by atoms with Crippen LogP contribution in [0.2, 0.25) is 0 Å². The van der Waals surface area contributed by atoms with E-state index < -0.39 is 28.5 Å². The third-order valence-corrected chi connectivity index (χ3v) is 4.39. The lowest BCUT2D eigenvalue weighted by atomic mass is 10.2. The van der Waals surface area contributed by atoms with Crippen LogP contribution in [-0.2, 0) is 15.8 Å². The smallest absolute Gasteiger partial charge is 0.398 e. The zero-order valence-corrected chi connectivity index (χ0v) is 11.8. The van der Waals surface area contributed by atoms with E-state index in [4.69, 9.17) is 5.73 Å². The second-order valence-electron chi connectivity index (χ2n) is 4.40. The van der Waals surface area contributed by atoms with Crippen molar-refractivity contribution in [3.63, 3.8) is 0 Å². The SMILES string of the molecule is CCCN(CC(F)(F)F)S(=O)(=O)Cc1ccccc1N. The lowest BCUT2D eigenvalue weighted by molar-refractivity contribution is -0.136. The first-order valence-electron chi connectivity index (χ1n) is 6.03. The zero-order valence-electron chi connectivity index (χ0n) is 11.0. The monoisotopic (exact) mass is 310 g/mol. The quantitative estimate of drug-likeness (QED) is 0.821. The van der Waals surface area contributed by atoms with Gasteiger partial charge in [-0.2, -0.15) is 17.5 Å². The second-order valence-corrected chi connectivity index (χ2v) is 6.37. The lowest BCUT2D eigenvalue weighted by Gasteiger charge is -2.23. The second kappa shape index (κ2) is 6.45. The van der Waals surface area contributed by atoms with E-state index in [2.05, 4.69) is 0 Å². The number of hydrogen-bond acceptors (Lipinski definition) is 3. The Hall–Kier alpha value is -1.28. The molecule has 114 valence electrons. The minimum atomic E-state index is -4.57.